The maximum atomic E-state index is 13.2. The number of amides is 2. The van der Waals surface area contributed by atoms with Crippen LogP contribution in [0.25, 0.3) is 0 Å². The third-order valence-corrected chi connectivity index (χ3v) is 6.01. The van der Waals surface area contributed by atoms with Gasteiger partial charge in [0.15, 0.2) is 5.76 Å². The molecule has 166 valence electrons. The van der Waals surface area contributed by atoms with E-state index in [1.54, 1.807) is 23.1 Å². The number of benzene rings is 2. The molecule has 2 amide bonds. The van der Waals surface area contributed by atoms with E-state index in [2.05, 4.69) is 5.32 Å². The van der Waals surface area contributed by atoms with E-state index in [4.69, 9.17) is 20.8 Å². The first kappa shape index (κ1) is 22.0. The largest absolute Gasteiger partial charge is 0.488 e. The first-order valence-electron chi connectivity index (χ1n) is 10.6. The van der Waals surface area contributed by atoms with Crippen molar-refractivity contribution >= 4 is 23.4 Å². The first-order chi connectivity index (χ1) is 15.5. The molecule has 3 aromatic rings. The third-order valence-electron chi connectivity index (χ3n) is 5.64. The molecule has 2 aromatic carbocycles. The molecule has 0 aliphatic carbocycles. The quantitative estimate of drug-likeness (QED) is 0.580. The average Bonchev–Trinajstić information content (AvgIpc) is 3.25. The van der Waals surface area contributed by atoms with Crippen molar-refractivity contribution in [2.45, 2.75) is 32.4 Å². The van der Waals surface area contributed by atoms with Crippen LogP contribution in [-0.4, -0.2) is 35.8 Å². The molecular weight excluding hydrogens is 428 g/mol. The number of nitrogens with one attached hydrogen (secondary N) is 1. The van der Waals surface area contributed by atoms with Crippen LogP contribution in [0.15, 0.2) is 65.3 Å². The van der Waals surface area contributed by atoms with Crippen molar-refractivity contribution < 1.29 is 18.7 Å². The van der Waals surface area contributed by atoms with E-state index in [0.29, 0.717) is 48.0 Å². The molecule has 32 heavy (non-hydrogen) atoms. The number of para-hydroxylation sites is 1. The number of aryl methyl sites for hydroxylation is 1. The summed E-state index contributed by atoms with van der Waals surface area (Å²) in [5.74, 6) is 0.580. The fourth-order valence-corrected chi connectivity index (χ4v) is 3.98. The van der Waals surface area contributed by atoms with E-state index in [1.165, 1.54) is 6.26 Å². The highest BCUT2D eigenvalue weighted by Crippen LogP contribution is 2.25. The maximum absolute atomic E-state index is 13.2. The van der Waals surface area contributed by atoms with E-state index in [1.807, 2.05) is 43.3 Å². The molecule has 1 aliphatic rings. The van der Waals surface area contributed by atoms with Gasteiger partial charge in [-0.2, -0.15) is 0 Å². The Morgan fingerprint density at radius 1 is 1.09 bits per heavy atom. The zero-order valence-electron chi connectivity index (χ0n) is 17.8. The van der Waals surface area contributed by atoms with Gasteiger partial charge < -0.3 is 19.4 Å². The number of carbonyl (C=O) groups is 2. The Balaban J connectivity index is 1.36. The Morgan fingerprint density at radius 3 is 2.53 bits per heavy atom. The van der Waals surface area contributed by atoms with Gasteiger partial charge in [0.05, 0.1) is 11.8 Å². The van der Waals surface area contributed by atoms with Crippen molar-refractivity contribution in [1.82, 2.24) is 10.2 Å². The van der Waals surface area contributed by atoms with Crippen LogP contribution in [0, 0.1) is 6.92 Å². The lowest BCUT2D eigenvalue weighted by atomic mass is 10.0. The number of carbonyl (C=O) groups excluding carboxylic acids is 2. The Hall–Kier alpha value is -3.25. The fourth-order valence-electron chi connectivity index (χ4n) is 3.79. The van der Waals surface area contributed by atoms with Gasteiger partial charge in [-0.15, -0.1) is 0 Å². The SMILES string of the molecule is Cc1ccoc1C(=O)NC1CCN(C(=O)c2ccccc2OCc2ccccc2Cl)CC1. The predicted molar refractivity (Wildman–Crippen MR) is 122 cm³/mol. The van der Waals surface area contributed by atoms with E-state index in [-0.39, 0.29) is 24.5 Å². The lowest BCUT2D eigenvalue weighted by Crippen LogP contribution is -2.46. The Labute approximate surface area is 192 Å². The number of hydrogen-bond donors (Lipinski definition) is 1. The number of hydrogen-bond acceptors (Lipinski definition) is 4. The lowest BCUT2D eigenvalue weighted by molar-refractivity contribution is 0.0691. The zero-order chi connectivity index (χ0) is 22.5. The highest BCUT2D eigenvalue weighted by atomic mass is 35.5. The van der Waals surface area contributed by atoms with Crippen molar-refractivity contribution in [2.24, 2.45) is 0 Å². The molecular formula is C25H25ClN2O4. The monoisotopic (exact) mass is 452 g/mol. The Morgan fingerprint density at radius 2 is 1.81 bits per heavy atom. The fraction of sp³-hybridized carbons (Fsp3) is 0.280. The van der Waals surface area contributed by atoms with Gasteiger partial charge in [-0.3, -0.25) is 9.59 Å². The summed E-state index contributed by atoms with van der Waals surface area (Å²) in [4.78, 5) is 27.4. The van der Waals surface area contributed by atoms with Gasteiger partial charge in [0.2, 0.25) is 0 Å². The van der Waals surface area contributed by atoms with Crippen LogP contribution in [0.4, 0.5) is 0 Å². The number of piperidine rings is 1. The second kappa shape index (κ2) is 9.92. The molecule has 1 fully saturated rings. The van der Waals surface area contributed by atoms with Crippen molar-refractivity contribution in [2.75, 3.05) is 13.1 Å². The number of nitrogens with zero attached hydrogens (tertiary/aromatic N) is 1. The van der Waals surface area contributed by atoms with Gasteiger partial charge in [0, 0.05) is 35.3 Å². The summed E-state index contributed by atoms with van der Waals surface area (Å²) in [7, 11) is 0. The summed E-state index contributed by atoms with van der Waals surface area (Å²) < 4.78 is 11.2. The van der Waals surface area contributed by atoms with Crippen LogP contribution in [0.2, 0.25) is 5.02 Å². The molecule has 1 N–H and O–H groups in total. The molecule has 7 heteroatoms. The second-order valence-electron chi connectivity index (χ2n) is 7.85. The van der Waals surface area contributed by atoms with Crippen molar-refractivity contribution in [3.05, 3.63) is 88.3 Å². The first-order valence-corrected chi connectivity index (χ1v) is 11.0. The van der Waals surface area contributed by atoms with Crippen molar-refractivity contribution in [3.63, 3.8) is 0 Å². The molecule has 6 nitrogen and oxygen atoms in total. The normalized spacial score (nSPS) is 14.2. The van der Waals surface area contributed by atoms with Crippen LogP contribution in [-0.2, 0) is 6.61 Å². The summed E-state index contributed by atoms with van der Waals surface area (Å²) in [5, 5.41) is 3.64. The number of halogens is 1. The lowest BCUT2D eigenvalue weighted by Gasteiger charge is -2.32. The Bertz CT molecular complexity index is 1100. The Kier molecular flexibility index (Phi) is 6.81. The van der Waals surface area contributed by atoms with Crippen molar-refractivity contribution in [3.8, 4) is 5.75 Å². The smallest absolute Gasteiger partial charge is 0.287 e. The summed E-state index contributed by atoms with van der Waals surface area (Å²) in [6, 6.07) is 16.5. The van der Waals surface area contributed by atoms with E-state index in [9.17, 15) is 9.59 Å². The summed E-state index contributed by atoms with van der Waals surface area (Å²) in [6.45, 7) is 3.23. The minimum atomic E-state index is -0.212. The standard InChI is InChI=1S/C25H25ClN2O4/c1-17-12-15-31-23(17)24(29)27-19-10-13-28(14-11-19)25(30)20-7-3-5-9-22(20)32-16-18-6-2-4-8-21(18)26/h2-9,12,15,19H,10-11,13-14,16H2,1H3,(H,27,29). The van der Waals surface area contributed by atoms with Crippen LogP contribution >= 0.6 is 11.6 Å². The van der Waals surface area contributed by atoms with Crippen LogP contribution in [0.1, 0.15) is 44.9 Å². The molecule has 0 spiro atoms. The van der Waals surface area contributed by atoms with E-state index < -0.39 is 0 Å². The van der Waals surface area contributed by atoms with Gasteiger partial charge in [-0.05, 0) is 44.0 Å². The van der Waals surface area contributed by atoms with Gasteiger partial charge in [0.1, 0.15) is 12.4 Å². The van der Waals surface area contributed by atoms with E-state index in [0.717, 1.165) is 11.1 Å². The molecule has 0 unspecified atom stereocenters. The molecule has 0 saturated carbocycles. The minimum Gasteiger partial charge on any atom is -0.488 e. The molecule has 2 heterocycles. The minimum absolute atomic E-state index is 0.00256. The second-order valence-corrected chi connectivity index (χ2v) is 8.26. The number of likely N-dealkylation sites (tertiary alicyclic amines) is 1. The van der Waals surface area contributed by atoms with Crippen LogP contribution < -0.4 is 10.1 Å². The average molecular weight is 453 g/mol. The highest BCUT2D eigenvalue weighted by Gasteiger charge is 2.27. The topological polar surface area (TPSA) is 71.8 Å². The summed E-state index contributed by atoms with van der Waals surface area (Å²) >= 11 is 6.21. The van der Waals surface area contributed by atoms with Crippen molar-refractivity contribution in [1.29, 1.82) is 0 Å². The highest BCUT2D eigenvalue weighted by molar-refractivity contribution is 6.31. The molecule has 0 atom stereocenters. The molecule has 1 aromatic heterocycles. The van der Waals surface area contributed by atoms with Gasteiger partial charge >= 0.3 is 0 Å². The molecule has 0 radical (unpaired) electrons. The molecule has 1 saturated heterocycles. The molecule has 0 bridgehead atoms. The number of ether oxygens (including phenoxy) is 1. The number of rotatable bonds is 6. The maximum Gasteiger partial charge on any atom is 0.287 e. The van der Waals surface area contributed by atoms with Crippen LogP contribution in [0.5, 0.6) is 5.75 Å². The van der Waals surface area contributed by atoms with Gasteiger partial charge in [-0.25, -0.2) is 0 Å². The van der Waals surface area contributed by atoms with E-state index >= 15 is 0 Å². The number of furan rings is 1. The van der Waals surface area contributed by atoms with Gasteiger partial charge in [0.25, 0.3) is 11.8 Å². The summed E-state index contributed by atoms with van der Waals surface area (Å²) in [5.41, 5.74) is 2.19. The van der Waals surface area contributed by atoms with Crippen LogP contribution in [0.3, 0.4) is 0 Å². The third kappa shape index (κ3) is 4.97. The zero-order valence-corrected chi connectivity index (χ0v) is 18.6. The molecule has 1 aliphatic heterocycles. The van der Waals surface area contributed by atoms with Gasteiger partial charge in [-0.1, -0.05) is 41.9 Å². The predicted octanol–water partition coefficient (Wildman–Crippen LogP) is 4.86. The molecule has 4 rings (SSSR count). The summed E-state index contributed by atoms with van der Waals surface area (Å²) in [6.07, 6.45) is 2.87.